The van der Waals surface area contributed by atoms with Crippen LogP contribution >= 0.6 is 11.5 Å². The molecule has 124 valence electrons. The Morgan fingerprint density at radius 3 is 2.96 bits per heavy atom. The van der Waals surface area contributed by atoms with Crippen LogP contribution in [0.5, 0.6) is 0 Å². The molecule has 10 nitrogen and oxygen atoms in total. The van der Waals surface area contributed by atoms with E-state index >= 15 is 0 Å². The number of non-ortho nitro benzene ring substituents is 1. The molecule has 0 saturated carbocycles. The number of hydrogen-bond donors (Lipinski definition) is 2. The topological polar surface area (TPSA) is 139 Å². The van der Waals surface area contributed by atoms with Gasteiger partial charge in [-0.05, 0) is 18.1 Å². The van der Waals surface area contributed by atoms with Crippen LogP contribution < -0.4 is 10.2 Å². The van der Waals surface area contributed by atoms with Gasteiger partial charge in [-0.3, -0.25) is 20.2 Å². The number of aromatic nitrogens is 2. The molecule has 0 bridgehead atoms. The molecule has 0 spiro atoms. The molecule has 1 aliphatic heterocycles. The van der Waals surface area contributed by atoms with Crippen LogP contribution in [0.2, 0.25) is 0 Å². The molecule has 0 radical (unpaired) electrons. The van der Waals surface area contributed by atoms with Crippen LogP contribution in [0.25, 0.3) is 0 Å². The SMILES string of the molecule is O=C(O)Nc1nc(CC(=O)N2CCc3cc([N+](=O)[O-])ccc32)ns1. The largest absolute Gasteiger partial charge is 0.465 e. The molecular weight excluding hydrogens is 338 g/mol. The van der Waals surface area contributed by atoms with Gasteiger partial charge in [-0.15, -0.1) is 0 Å². The van der Waals surface area contributed by atoms with Crippen LogP contribution in [0.3, 0.4) is 0 Å². The Morgan fingerprint density at radius 2 is 2.25 bits per heavy atom. The summed E-state index contributed by atoms with van der Waals surface area (Å²) in [5, 5.41) is 21.6. The van der Waals surface area contributed by atoms with Crippen LogP contribution in [0, 0.1) is 10.1 Å². The van der Waals surface area contributed by atoms with Gasteiger partial charge in [-0.1, -0.05) is 0 Å². The van der Waals surface area contributed by atoms with E-state index in [0.29, 0.717) is 18.7 Å². The van der Waals surface area contributed by atoms with Crippen LogP contribution in [0.1, 0.15) is 11.4 Å². The molecule has 24 heavy (non-hydrogen) atoms. The lowest BCUT2D eigenvalue weighted by atomic mass is 10.1. The van der Waals surface area contributed by atoms with Crippen molar-refractivity contribution in [3.8, 4) is 0 Å². The highest BCUT2D eigenvalue weighted by Crippen LogP contribution is 2.31. The molecule has 1 aliphatic rings. The summed E-state index contributed by atoms with van der Waals surface area (Å²) in [5.41, 5.74) is 1.38. The first kappa shape index (κ1) is 15.8. The van der Waals surface area contributed by atoms with Gasteiger partial charge in [0.25, 0.3) is 5.69 Å². The lowest BCUT2D eigenvalue weighted by Gasteiger charge is -2.16. The molecule has 3 rings (SSSR count). The van der Waals surface area contributed by atoms with E-state index < -0.39 is 11.0 Å². The fraction of sp³-hybridized carbons (Fsp3) is 0.231. The zero-order valence-corrected chi connectivity index (χ0v) is 12.9. The van der Waals surface area contributed by atoms with Gasteiger partial charge in [0, 0.05) is 35.9 Å². The van der Waals surface area contributed by atoms with E-state index in [9.17, 15) is 19.7 Å². The van der Waals surface area contributed by atoms with Gasteiger partial charge in [0.05, 0.1) is 11.3 Å². The number of amides is 2. The number of nitrogens with one attached hydrogen (secondary N) is 1. The summed E-state index contributed by atoms with van der Waals surface area (Å²) in [6.45, 7) is 0.430. The van der Waals surface area contributed by atoms with Crippen LogP contribution in [0.4, 0.5) is 21.3 Å². The number of fused-ring (bicyclic) bond motifs is 1. The highest BCUT2D eigenvalue weighted by molar-refractivity contribution is 7.09. The maximum absolute atomic E-state index is 12.4. The molecule has 2 amide bonds. The van der Waals surface area contributed by atoms with Crippen molar-refractivity contribution >= 4 is 40.0 Å². The summed E-state index contributed by atoms with van der Waals surface area (Å²) in [6, 6.07) is 4.39. The van der Waals surface area contributed by atoms with Crippen molar-refractivity contribution < 1.29 is 19.6 Å². The first-order valence-electron chi connectivity index (χ1n) is 6.84. The number of hydrogen-bond acceptors (Lipinski definition) is 7. The number of rotatable bonds is 4. The molecule has 2 heterocycles. The van der Waals surface area contributed by atoms with E-state index in [4.69, 9.17) is 5.11 Å². The molecule has 0 saturated heterocycles. The predicted octanol–water partition coefficient (Wildman–Crippen LogP) is 1.67. The summed E-state index contributed by atoms with van der Waals surface area (Å²) in [7, 11) is 0. The lowest BCUT2D eigenvalue weighted by molar-refractivity contribution is -0.384. The highest BCUT2D eigenvalue weighted by atomic mass is 32.1. The Labute approximate surface area is 139 Å². The second-order valence-electron chi connectivity index (χ2n) is 4.99. The number of nitro groups is 1. The summed E-state index contributed by atoms with van der Waals surface area (Å²) in [5.74, 6) is -0.0219. The van der Waals surface area contributed by atoms with Crippen molar-refractivity contribution in [2.24, 2.45) is 0 Å². The molecule has 2 N–H and O–H groups in total. The van der Waals surface area contributed by atoms with E-state index in [0.717, 1.165) is 17.1 Å². The first-order chi connectivity index (χ1) is 11.4. The van der Waals surface area contributed by atoms with Gasteiger partial charge < -0.3 is 10.0 Å². The standard InChI is InChI=1S/C13H11N5O5S/c19-11(6-10-14-12(24-16-10)15-13(20)21)17-4-3-7-5-8(18(22)23)1-2-9(7)17/h1-2,5H,3-4,6H2,(H,20,21)(H,14,15,16). The zero-order valence-electron chi connectivity index (χ0n) is 12.1. The number of carboxylic acid groups (broad SMARTS) is 1. The summed E-state index contributed by atoms with van der Waals surface area (Å²) in [6.07, 6.45) is -0.785. The summed E-state index contributed by atoms with van der Waals surface area (Å²) < 4.78 is 3.94. The number of carbonyl (C=O) groups excluding carboxylic acids is 1. The van der Waals surface area contributed by atoms with Crippen molar-refractivity contribution in [2.45, 2.75) is 12.8 Å². The van der Waals surface area contributed by atoms with Crippen LogP contribution in [-0.2, 0) is 17.6 Å². The summed E-state index contributed by atoms with van der Waals surface area (Å²) in [4.78, 5) is 38.7. The molecule has 11 heteroatoms. The molecule has 0 aliphatic carbocycles. The van der Waals surface area contributed by atoms with Gasteiger partial charge in [-0.25, -0.2) is 9.78 Å². The van der Waals surface area contributed by atoms with Gasteiger partial charge >= 0.3 is 6.09 Å². The molecule has 0 unspecified atom stereocenters. The molecular formula is C13H11N5O5S. The normalized spacial score (nSPS) is 12.8. The third-order valence-corrected chi connectivity index (χ3v) is 4.13. The minimum absolute atomic E-state index is 0.00592. The Hall–Kier alpha value is -3.08. The van der Waals surface area contributed by atoms with Crippen molar-refractivity contribution in [1.29, 1.82) is 0 Å². The van der Waals surface area contributed by atoms with Gasteiger partial charge in [0.1, 0.15) is 0 Å². The zero-order chi connectivity index (χ0) is 17.3. The molecule has 1 aromatic heterocycles. The minimum Gasteiger partial charge on any atom is -0.465 e. The predicted molar refractivity (Wildman–Crippen MR) is 84.4 cm³/mol. The Kier molecular flexibility index (Phi) is 4.08. The van der Waals surface area contributed by atoms with Crippen LogP contribution in [-0.4, -0.2) is 37.9 Å². The quantitative estimate of drug-likeness (QED) is 0.632. The summed E-state index contributed by atoms with van der Waals surface area (Å²) >= 11 is 0.854. The molecule has 0 fully saturated rings. The maximum Gasteiger partial charge on any atom is 0.411 e. The molecule has 2 aromatic rings. The van der Waals surface area contributed by atoms with Gasteiger partial charge in [0.15, 0.2) is 5.82 Å². The Balaban J connectivity index is 1.72. The monoisotopic (exact) mass is 349 g/mol. The number of nitrogens with zero attached hydrogens (tertiary/aromatic N) is 4. The second-order valence-corrected chi connectivity index (χ2v) is 5.74. The van der Waals surface area contributed by atoms with Crippen molar-refractivity contribution in [2.75, 3.05) is 16.8 Å². The van der Waals surface area contributed by atoms with E-state index in [1.54, 1.807) is 6.07 Å². The highest BCUT2D eigenvalue weighted by Gasteiger charge is 2.27. The third kappa shape index (κ3) is 3.15. The first-order valence-corrected chi connectivity index (χ1v) is 7.61. The third-order valence-electron chi connectivity index (χ3n) is 3.46. The van der Waals surface area contributed by atoms with Crippen molar-refractivity contribution in [3.05, 3.63) is 39.7 Å². The number of carbonyl (C=O) groups is 2. The second kappa shape index (κ2) is 6.20. The number of nitro benzene ring substituents is 1. The van der Waals surface area contributed by atoms with E-state index in [2.05, 4.69) is 14.7 Å². The number of anilines is 2. The Bertz CT molecular complexity index is 836. The fourth-order valence-corrected chi connectivity index (χ4v) is 3.04. The molecule has 1 aromatic carbocycles. The average molecular weight is 349 g/mol. The Morgan fingerprint density at radius 1 is 1.46 bits per heavy atom. The van der Waals surface area contributed by atoms with Crippen molar-refractivity contribution in [1.82, 2.24) is 9.36 Å². The average Bonchev–Trinajstić information content (AvgIpc) is 3.12. The smallest absolute Gasteiger partial charge is 0.411 e. The van der Waals surface area contributed by atoms with Crippen molar-refractivity contribution in [3.63, 3.8) is 0 Å². The fourth-order valence-electron chi connectivity index (χ4n) is 2.46. The van der Waals surface area contributed by atoms with Crippen LogP contribution in [0.15, 0.2) is 18.2 Å². The van der Waals surface area contributed by atoms with E-state index in [-0.39, 0.29) is 29.0 Å². The lowest BCUT2D eigenvalue weighted by Crippen LogP contribution is -2.30. The van der Waals surface area contributed by atoms with E-state index in [1.807, 2.05) is 0 Å². The minimum atomic E-state index is -1.25. The molecule has 0 atom stereocenters. The van der Waals surface area contributed by atoms with E-state index in [1.165, 1.54) is 17.0 Å². The van der Waals surface area contributed by atoms with Gasteiger partial charge in [-0.2, -0.15) is 4.37 Å². The van der Waals surface area contributed by atoms with Gasteiger partial charge in [0.2, 0.25) is 11.0 Å². The number of benzene rings is 1. The maximum atomic E-state index is 12.4.